The van der Waals surface area contributed by atoms with E-state index >= 15 is 0 Å². The molecule has 1 atom stereocenters. The predicted octanol–water partition coefficient (Wildman–Crippen LogP) is 2.76. The molecule has 5 heteroatoms. The van der Waals surface area contributed by atoms with Gasteiger partial charge >= 0.3 is 0 Å². The lowest BCUT2D eigenvalue weighted by Crippen LogP contribution is -2.36. The summed E-state index contributed by atoms with van der Waals surface area (Å²) in [6.45, 7) is 7.08. The summed E-state index contributed by atoms with van der Waals surface area (Å²) in [6.07, 6.45) is 0. The molecule has 1 rings (SSSR count). The summed E-state index contributed by atoms with van der Waals surface area (Å²) < 4.78 is 13.2. The highest BCUT2D eigenvalue weighted by atomic mass is 32.2. The standard InChI is InChI=1S/C13H19FN2OS/c1-4-16(5-2)13(17)9(3)18-12-7-10(14)6-11(15)8-12/h6-9H,4-5,15H2,1-3H3. The number of benzene rings is 1. The van der Waals surface area contributed by atoms with Crippen LogP contribution in [-0.2, 0) is 4.79 Å². The molecule has 0 aliphatic carbocycles. The number of nitrogen functional groups attached to an aromatic ring is 1. The second-order valence-corrected chi connectivity index (χ2v) is 5.41. The minimum Gasteiger partial charge on any atom is -0.399 e. The molecule has 0 bridgehead atoms. The third kappa shape index (κ3) is 3.91. The summed E-state index contributed by atoms with van der Waals surface area (Å²) in [5.41, 5.74) is 5.95. The van der Waals surface area contributed by atoms with E-state index in [1.807, 2.05) is 20.8 Å². The minimum atomic E-state index is -0.375. The Bertz CT molecular complexity index is 401. The second-order valence-electron chi connectivity index (χ2n) is 3.99. The van der Waals surface area contributed by atoms with E-state index in [1.54, 1.807) is 11.0 Å². The van der Waals surface area contributed by atoms with Crippen molar-refractivity contribution in [2.75, 3.05) is 18.8 Å². The quantitative estimate of drug-likeness (QED) is 0.661. The molecule has 0 heterocycles. The van der Waals surface area contributed by atoms with Gasteiger partial charge in [-0.05, 0) is 39.0 Å². The maximum absolute atomic E-state index is 13.2. The number of hydrogen-bond donors (Lipinski definition) is 1. The fourth-order valence-corrected chi connectivity index (χ4v) is 2.74. The maximum atomic E-state index is 13.2. The van der Waals surface area contributed by atoms with Crippen molar-refractivity contribution >= 4 is 23.4 Å². The zero-order valence-corrected chi connectivity index (χ0v) is 11.8. The number of rotatable bonds is 5. The van der Waals surface area contributed by atoms with Crippen LogP contribution in [0.25, 0.3) is 0 Å². The van der Waals surface area contributed by atoms with Crippen molar-refractivity contribution in [2.45, 2.75) is 30.9 Å². The average molecular weight is 270 g/mol. The van der Waals surface area contributed by atoms with Gasteiger partial charge < -0.3 is 10.6 Å². The van der Waals surface area contributed by atoms with Gasteiger partial charge in [-0.3, -0.25) is 4.79 Å². The van der Waals surface area contributed by atoms with Gasteiger partial charge in [-0.2, -0.15) is 0 Å². The molecule has 0 spiro atoms. The Morgan fingerprint density at radius 2 is 2.00 bits per heavy atom. The Morgan fingerprint density at radius 3 is 2.50 bits per heavy atom. The predicted molar refractivity (Wildman–Crippen MR) is 74.1 cm³/mol. The fraction of sp³-hybridized carbons (Fsp3) is 0.462. The third-order valence-corrected chi connectivity index (χ3v) is 3.69. The number of nitrogens with two attached hydrogens (primary N) is 1. The Hall–Kier alpha value is -1.23. The maximum Gasteiger partial charge on any atom is 0.235 e. The molecule has 0 fully saturated rings. The first-order valence-corrected chi connectivity index (χ1v) is 6.87. The summed E-state index contributed by atoms with van der Waals surface area (Å²) >= 11 is 1.33. The highest BCUT2D eigenvalue weighted by Gasteiger charge is 2.19. The summed E-state index contributed by atoms with van der Waals surface area (Å²) in [5, 5.41) is -0.244. The first-order valence-electron chi connectivity index (χ1n) is 5.99. The highest BCUT2D eigenvalue weighted by molar-refractivity contribution is 8.00. The van der Waals surface area contributed by atoms with Crippen LogP contribution in [0.15, 0.2) is 23.1 Å². The number of halogens is 1. The lowest BCUT2D eigenvalue weighted by atomic mass is 10.3. The number of hydrogen-bond acceptors (Lipinski definition) is 3. The topological polar surface area (TPSA) is 46.3 Å². The summed E-state index contributed by atoms with van der Waals surface area (Å²) in [7, 11) is 0. The Labute approximate surface area is 112 Å². The smallest absolute Gasteiger partial charge is 0.235 e. The molecule has 1 aromatic carbocycles. The van der Waals surface area contributed by atoms with Crippen molar-refractivity contribution in [2.24, 2.45) is 0 Å². The van der Waals surface area contributed by atoms with E-state index < -0.39 is 0 Å². The zero-order chi connectivity index (χ0) is 13.7. The molecule has 1 aromatic rings. The van der Waals surface area contributed by atoms with Gasteiger partial charge in [-0.25, -0.2) is 4.39 Å². The fourth-order valence-electron chi connectivity index (χ4n) is 1.70. The van der Waals surface area contributed by atoms with Gasteiger partial charge in [-0.1, -0.05) is 0 Å². The third-order valence-electron chi connectivity index (χ3n) is 2.63. The number of amides is 1. The first kappa shape index (κ1) is 14.8. The Balaban J connectivity index is 2.74. The number of carbonyl (C=O) groups is 1. The Kier molecular flexibility index (Phi) is 5.47. The van der Waals surface area contributed by atoms with Crippen molar-refractivity contribution in [3.05, 3.63) is 24.0 Å². The molecular formula is C13H19FN2OS. The largest absolute Gasteiger partial charge is 0.399 e. The van der Waals surface area contributed by atoms with E-state index in [0.29, 0.717) is 23.7 Å². The van der Waals surface area contributed by atoms with Crippen molar-refractivity contribution in [3.8, 4) is 0 Å². The van der Waals surface area contributed by atoms with E-state index in [0.717, 1.165) is 0 Å². The molecule has 0 aliphatic rings. The SMILES string of the molecule is CCN(CC)C(=O)C(C)Sc1cc(N)cc(F)c1. The first-order chi connectivity index (χ1) is 8.47. The van der Waals surface area contributed by atoms with Crippen molar-refractivity contribution in [1.29, 1.82) is 0 Å². The van der Waals surface area contributed by atoms with E-state index in [4.69, 9.17) is 5.73 Å². The summed E-state index contributed by atoms with van der Waals surface area (Å²) in [6, 6.07) is 4.34. The van der Waals surface area contributed by atoms with Crippen LogP contribution in [-0.4, -0.2) is 29.1 Å². The van der Waals surface area contributed by atoms with E-state index in [2.05, 4.69) is 0 Å². The summed E-state index contributed by atoms with van der Waals surface area (Å²) in [4.78, 5) is 14.5. The van der Waals surface area contributed by atoms with Crippen molar-refractivity contribution in [1.82, 2.24) is 4.90 Å². The van der Waals surface area contributed by atoms with Crippen LogP contribution in [0.4, 0.5) is 10.1 Å². The van der Waals surface area contributed by atoms with Gasteiger partial charge in [0, 0.05) is 23.7 Å². The molecule has 18 heavy (non-hydrogen) atoms. The number of carbonyl (C=O) groups excluding carboxylic acids is 1. The molecule has 1 unspecified atom stereocenters. The van der Waals surface area contributed by atoms with Crippen LogP contribution in [0.1, 0.15) is 20.8 Å². The molecular weight excluding hydrogens is 251 g/mol. The van der Waals surface area contributed by atoms with E-state index in [1.165, 1.54) is 23.9 Å². The molecule has 2 N–H and O–H groups in total. The lowest BCUT2D eigenvalue weighted by Gasteiger charge is -2.22. The monoisotopic (exact) mass is 270 g/mol. The molecule has 3 nitrogen and oxygen atoms in total. The van der Waals surface area contributed by atoms with Crippen LogP contribution in [0.5, 0.6) is 0 Å². The van der Waals surface area contributed by atoms with Gasteiger partial charge in [0.05, 0.1) is 5.25 Å². The van der Waals surface area contributed by atoms with Crippen molar-refractivity contribution in [3.63, 3.8) is 0 Å². The van der Waals surface area contributed by atoms with Gasteiger partial charge in [0.25, 0.3) is 0 Å². The van der Waals surface area contributed by atoms with Crippen LogP contribution >= 0.6 is 11.8 Å². The van der Waals surface area contributed by atoms with Gasteiger partial charge in [0.1, 0.15) is 5.82 Å². The zero-order valence-electron chi connectivity index (χ0n) is 10.9. The van der Waals surface area contributed by atoms with E-state index in [9.17, 15) is 9.18 Å². The molecule has 0 saturated heterocycles. The minimum absolute atomic E-state index is 0.0628. The normalized spacial score (nSPS) is 12.2. The van der Waals surface area contributed by atoms with Crippen LogP contribution in [0.2, 0.25) is 0 Å². The highest BCUT2D eigenvalue weighted by Crippen LogP contribution is 2.27. The summed E-state index contributed by atoms with van der Waals surface area (Å²) in [5.74, 6) is -0.312. The second kappa shape index (κ2) is 6.64. The molecule has 100 valence electrons. The van der Waals surface area contributed by atoms with Crippen LogP contribution in [0.3, 0.4) is 0 Å². The molecule has 1 amide bonds. The van der Waals surface area contributed by atoms with Gasteiger partial charge in [0.2, 0.25) is 5.91 Å². The van der Waals surface area contributed by atoms with Gasteiger partial charge in [-0.15, -0.1) is 11.8 Å². The van der Waals surface area contributed by atoms with Crippen molar-refractivity contribution < 1.29 is 9.18 Å². The Morgan fingerprint density at radius 1 is 1.39 bits per heavy atom. The van der Waals surface area contributed by atoms with Crippen LogP contribution < -0.4 is 5.73 Å². The number of nitrogens with zero attached hydrogens (tertiary/aromatic N) is 1. The molecule has 0 radical (unpaired) electrons. The number of thioether (sulfide) groups is 1. The number of anilines is 1. The lowest BCUT2D eigenvalue weighted by molar-refractivity contribution is -0.129. The molecule has 0 aromatic heterocycles. The van der Waals surface area contributed by atoms with E-state index in [-0.39, 0.29) is 17.0 Å². The molecule has 0 aliphatic heterocycles. The van der Waals surface area contributed by atoms with Gasteiger partial charge in [0.15, 0.2) is 0 Å². The molecule has 0 saturated carbocycles. The van der Waals surface area contributed by atoms with Crippen LogP contribution in [0, 0.1) is 5.82 Å². The average Bonchev–Trinajstić information content (AvgIpc) is 2.28.